The van der Waals surface area contributed by atoms with Crippen molar-refractivity contribution in [2.45, 2.75) is 62.0 Å². The summed E-state index contributed by atoms with van der Waals surface area (Å²) in [4.78, 5) is 30.9. The van der Waals surface area contributed by atoms with E-state index in [1.165, 1.54) is 40.9 Å². The molecule has 0 heterocycles. The molecule has 2 atom stereocenters. The van der Waals surface area contributed by atoms with Crippen molar-refractivity contribution in [2.75, 3.05) is 23.7 Å². The van der Waals surface area contributed by atoms with Crippen LogP contribution < -0.4 is 14.4 Å². The molecule has 11 heteroatoms. The Morgan fingerprint density at radius 3 is 2.15 bits per heavy atom. The van der Waals surface area contributed by atoms with Crippen molar-refractivity contribution < 1.29 is 27.1 Å². The lowest BCUT2D eigenvalue weighted by Crippen LogP contribution is -2.54. The highest BCUT2D eigenvalue weighted by Gasteiger charge is 2.36. The molecule has 48 heavy (non-hydrogen) atoms. The number of rotatable bonds is 16. The van der Waals surface area contributed by atoms with Crippen molar-refractivity contribution in [3.05, 3.63) is 120 Å². The molecule has 254 valence electrons. The summed E-state index contributed by atoms with van der Waals surface area (Å²) in [6.07, 6.45) is 2.74. The molecular weight excluding hydrogens is 650 g/mol. The summed E-state index contributed by atoms with van der Waals surface area (Å²) in [7, 11) is -4.31. The standard InChI is InChI=1S/C37H42FN3O5S2/c1-5-27(3)39-37(43)34(24-28-12-8-7-9-13-28)40(25-29-16-18-30(38)19-17-29)36(42)26-41(33-14-10-11-15-35(33)46-6-2)48(44,45)32-22-20-31(47-4)21-23-32/h7-23,27,34H,5-6,24-26H2,1-4H3,(H,39,43)/t27-,34-/m0/s1. The molecule has 1 N–H and O–H groups in total. The van der Waals surface area contributed by atoms with E-state index in [1.807, 2.05) is 50.4 Å². The average molecular weight is 692 g/mol. The van der Waals surface area contributed by atoms with E-state index in [9.17, 15) is 22.4 Å². The molecule has 0 aliphatic rings. The first kappa shape index (κ1) is 36.5. The van der Waals surface area contributed by atoms with Crippen molar-refractivity contribution in [1.82, 2.24) is 10.2 Å². The third-order valence-electron chi connectivity index (χ3n) is 7.90. The molecule has 0 fully saturated rings. The van der Waals surface area contributed by atoms with Gasteiger partial charge < -0.3 is 15.0 Å². The van der Waals surface area contributed by atoms with E-state index in [-0.39, 0.29) is 47.9 Å². The summed E-state index contributed by atoms with van der Waals surface area (Å²) in [5.74, 6) is -1.14. The van der Waals surface area contributed by atoms with Gasteiger partial charge in [-0.1, -0.05) is 61.5 Å². The van der Waals surface area contributed by atoms with Gasteiger partial charge in [0.05, 0.1) is 17.2 Å². The number of benzene rings is 4. The molecule has 0 unspecified atom stereocenters. The molecule has 8 nitrogen and oxygen atoms in total. The summed E-state index contributed by atoms with van der Waals surface area (Å²) < 4.78 is 49.6. The number of hydrogen-bond acceptors (Lipinski definition) is 6. The zero-order chi connectivity index (χ0) is 34.7. The van der Waals surface area contributed by atoms with Gasteiger partial charge >= 0.3 is 0 Å². The van der Waals surface area contributed by atoms with Gasteiger partial charge in [-0.2, -0.15) is 0 Å². The summed E-state index contributed by atoms with van der Waals surface area (Å²) in [6, 6.07) is 26.9. The van der Waals surface area contributed by atoms with E-state index in [4.69, 9.17) is 4.74 Å². The van der Waals surface area contributed by atoms with Crippen molar-refractivity contribution in [2.24, 2.45) is 0 Å². The highest BCUT2D eigenvalue weighted by molar-refractivity contribution is 7.98. The topological polar surface area (TPSA) is 96.0 Å². The Kier molecular flexibility index (Phi) is 13.0. The van der Waals surface area contributed by atoms with Gasteiger partial charge in [-0.15, -0.1) is 11.8 Å². The monoisotopic (exact) mass is 691 g/mol. The van der Waals surface area contributed by atoms with Crippen molar-refractivity contribution in [3.63, 3.8) is 0 Å². The average Bonchev–Trinajstić information content (AvgIpc) is 3.10. The van der Waals surface area contributed by atoms with Crippen LogP contribution in [0.15, 0.2) is 113 Å². The van der Waals surface area contributed by atoms with Crippen LogP contribution >= 0.6 is 11.8 Å². The number of hydrogen-bond donors (Lipinski definition) is 1. The van der Waals surface area contributed by atoms with Crippen LogP contribution in [0, 0.1) is 5.82 Å². The van der Waals surface area contributed by atoms with Crippen LogP contribution in [0.4, 0.5) is 10.1 Å². The van der Waals surface area contributed by atoms with Crippen molar-refractivity contribution in [1.29, 1.82) is 0 Å². The number of para-hydroxylation sites is 2. The van der Waals surface area contributed by atoms with Crippen molar-refractivity contribution >= 4 is 39.3 Å². The number of thioether (sulfide) groups is 1. The zero-order valence-electron chi connectivity index (χ0n) is 27.6. The Balaban J connectivity index is 1.84. The maximum Gasteiger partial charge on any atom is 0.264 e. The maximum atomic E-state index is 14.7. The summed E-state index contributed by atoms with van der Waals surface area (Å²) in [6.45, 7) is 5.20. The molecule has 4 rings (SSSR count). The first-order valence-electron chi connectivity index (χ1n) is 15.8. The molecule has 2 amide bonds. The minimum atomic E-state index is -4.31. The second-order valence-corrected chi connectivity index (χ2v) is 14.0. The molecule has 0 saturated heterocycles. The highest BCUT2D eigenvalue weighted by atomic mass is 32.2. The van der Waals surface area contributed by atoms with Crippen LogP contribution in [-0.2, 0) is 32.6 Å². The normalized spacial score (nSPS) is 12.5. The van der Waals surface area contributed by atoms with Crippen LogP contribution in [-0.4, -0.2) is 56.6 Å². The van der Waals surface area contributed by atoms with E-state index in [0.717, 1.165) is 14.8 Å². The molecule has 0 spiro atoms. The molecule has 0 radical (unpaired) electrons. The Morgan fingerprint density at radius 2 is 1.52 bits per heavy atom. The Labute approximate surface area is 287 Å². The number of halogens is 1. The number of sulfonamides is 1. The van der Waals surface area contributed by atoms with Gasteiger partial charge in [-0.25, -0.2) is 12.8 Å². The summed E-state index contributed by atoms with van der Waals surface area (Å²) in [5.41, 5.74) is 1.58. The molecule has 4 aromatic rings. The quantitative estimate of drug-likeness (QED) is 0.132. The van der Waals surface area contributed by atoms with Crippen molar-refractivity contribution in [3.8, 4) is 5.75 Å². The van der Waals surface area contributed by atoms with Gasteiger partial charge in [0.15, 0.2) is 0 Å². The predicted octanol–water partition coefficient (Wildman–Crippen LogP) is 6.70. The molecule has 0 saturated carbocycles. The lowest BCUT2D eigenvalue weighted by molar-refractivity contribution is -0.140. The maximum absolute atomic E-state index is 14.7. The first-order valence-corrected chi connectivity index (χ1v) is 18.5. The number of carbonyl (C=O) groups excluding carboxylic acids is 2. The Morgan fingerprint density at radius 1 is 0.875 bits per heavy atom. The Hall–Kier alpha value is -4.35. The van der Waals surface area contributed by atoms with Crippen LogP contribution in [0.3, 0.4) is 0 Å². The minimum absolute atomic E-state index is 0.000152. The lowest BCUT2D eigenvalue weighted by Gasteiger charge is -2.34. The number of ether oxygens (including phenoxy) is 1. The highest BCUT2D eigenvalue weighted by Crippen LogP contribution is 2.33. The van der Waals surface area contributed by atoms with Crippen LogP contribution in [0.5, 0.6) is 5.75 Å². The van der Waals surface area contributed by atoms with Gasteiger partial charge in [-0.05, 0) is 86.2 Å². The second-order valence-electron chi connectivity index (χ2n) is 11.3. The predicted molar refractivity (Wildman–Crippen MR) is 189 cm³/mol. The van der Waals surface area contributed by atoms with Gasteiger partial charge in [0.1, 0.15) is 24.2 Å². The van der Waals surface area contributed by atoms with Crippen LogP contribution in [0.1, 0.15) is 38.3 Å². The fraction of sp³-hybridized carbons (Fsp3) is 0.297. The first-order chi connectivity index (χ1) is 23.1. The Bertz CT molecular complexity index is 1750. The molecule has 0 aliphatic heterocycles. The molecule has 4 aromatic carbocycles. The van der Waals surface area contributed by atoms with Gasteiger partial charge in [0.2, 0.25) is 11.8 Å². The lowest BCUT2D eigenvalue weighted by atomic mass is 10.0. The number of nitrogens with one attached hydrogen (secondary N) is 1. The summed E-state index contributed by atoms with van der Waals surface area (Å²) in [5, 5.41) is 3.01. The van der Waals surface area contributed by atoms with E-state index >= 15 is 0 Å². The number of nitrogens with zero attached hydrogens (tertiary/aromatic N) is 2. The van der Waals surface area contributed by atoms with Gasteiger partial charge in [0.25, 0.3) is 10.0 Å². The third kappa shape index (κ3) is 9.38. The molecule has 0 aliphatic carbocycles. The van der Waals surface area contributed by atoms with Gasteiger partial charge in [0, 0.05) is 23.9 Å². The third-order valence-corrected chi connectivity index (χ3v) is 10.4. The molecule has 0 bridgehead atoms. The SMILES string of the molecule is CCOc1ccccc1N(CC(=O)N(Cc1ccc(F)cc1)[C@@H](Cc1ccccc1)C(=O)N[C@@H](C)CC)S(=O)(=O)c1ccc(SC)cc1. The number of amides is 2. The van der Waals surface area contributed by atoms with E-state index < -0.39 is 34.3 Å². The largest absolute Gasteiger partial charge is 0.492 e. The smallest absolute Gasteiger partial charge is 0.264 e. The fourth-order valence-corrected chi connectivity index (χ4v) is 6.94. The minimum Gasteiger partial charge on any atom is -0.492 e. The fourth-order valence-electron chi connectivity index (χ4n) is 5.11. The van der Waals surface area contributed by atoms with E-state index in [2.05, 4.69) is 5.32 Å². The number of anilines is 1. The van der Waals surface area contributed by atoms with E-state index in [1.54, 1.807) is 55.5 Å². The van der Waals surface area contributed by atoms with Gasteiger partial charge in [-0.3, -0.25) is 13.9 Å². The van der Waals surface area contributed by atoms with E-state index in [0.29, 0.717) is 12.0 Å². The summed E-state index contributed by atoms with van der Waals surface area (Å²) >= 11 is 1.48. The molecular formula is C37H42FN3O5S2. The van der Waals surface area contributed by atoms with Crippen LogP contribution in [0.2, 0.25) is 0 Å². The van der Waals surface area contributed by atoms with Crippen LogP contribution in [0.25, 0.3) is 0 Å². The number of carbonyl (C=O) groups is 2. The zero-order valence-corrected chi connectivity index (χ0v) is 29.3. The second kappa shape index (κ2) is 17.2. The molecule has 0 aromatic heterocycles.